The number of sulfonamides is 1. The van der Waals surface area contributed by atoms with Gasteiger partial charge in [0.05, 0.1) is 21.9 Å². The molecule has 0 saturated heterocycles. The molecule has 174 valence electrons. The second-order valence-corrected chi connectivity index (χ2v) is 9.71. The second kappa shape index (κ2) is 10.8. The van der Waals surface area contributed by atoms with Crippen LogP contribution in [0.2, 0.25) is 0 Å². The summed E-state index contributed by atoms with van der Waals surface area (Å²) in [6.07, 6.45) is 2.85. The summed E-state index contributed by atoms with van der Waals surface area (Å²) in [5, 5.41) is 12.6. The highest BCUT2D eigenvalue weighted by molar-refractivity contribution is 8.00. The van der Waals surface area contributed by atoms with Gasteiger partial charge in [0, 0.05) is 23.6 Å². The van der Waals surface area contributed by atoms with E-state index >= 15 is 0 Å². The van der Waals surface area contributed by atoms with E-state index in [1.807, 2.05) is 30.3 Å². The van der Waals surface area contributed by atoms with Crippen molar-refractivity contribution in [1.29, 1.82) is 5.26 Å². The average molecular weight is 503 g/mol. The molecular weight excluding hydrogens is 484 g/mol. The highest BCUT2D eigenvalue weighted by atomic mass is 32.2. The summed E-state index contributed by atoms with van der Waals surface area (Å²) in [6, 6.07) is 22.4. The molecule has 35 heavy (non-hydrogen) atoms. The Morgan fingerprint density at radius 1 is 0.943 bits per heavy atom. The average Bonchev–Trinajstić information content (AvgIpc) is 2.88. The van der Waals surface area contributed by atoms with Gasteiger partial charge in [-0.15, -0.1) is 0 Å². The van der Waals surface area contributed by atoms with Gasteiger partial charge in [-0.2, -0.15) is 5.26 Å². The summed E-state index contributed by atoms with van der Waals surface area (Å²) in [5.41, 5.74) is 2.43. The summed E-state index contributed by atoms with van der Waals surface area (Å²) in [6.45, 7) is 0. The Hall–Kier alpha value is -4.27. The zero-order valence-corrected chi connectivity index (χ0v) is 19.8. The van der Waals surface area contributed by atoms with E-state index in [4.69, 9.17) is 0 Å². The van der Waals surface area contributed by atoms with E-state index in [1.165, 1.54) is 36.7 Å². The first-order chi connectivity index (χ1) is 16.9. The number of amides is 1. The number of pyridine rings is 1. The van der Waals surface area contributed by atoms with Crippen LogP contribution >= 0.6 is 11.8 Å². The number of thioether (sulfide) groups is 1. The monoisotopic (exact) mass is 502 g/mol. The van der Waals surface area contributed by atoms with Crippen LogP contribution in [-0.2, 0) is 14.8 Å². The van der Waals surface area contributed by atoms with Gasteiger partial charge in [0.2, 0.25) is 11.9 Å². The highest BCUT2D eigenvalue weighted by Gasteiger charge is 2.16. The Balaban J connectivity index is 1.39. The quantitative estimate of drug-likeness (QED) is 0.346. The van der Waals surface area contributed by atoms with Crippen molar-refractivity contribution in [2.24, 2.45) is 0 Å². The molecule has 4 aromatic rings. The molecule has 11 heteroatoms. The number of aromatic nitrogens is 3. The normalized spacial score (nSPS) is 10.8. The van der Waals surface area contributed by atoms with Crippen molar-refractivity contribution in [2.75, 3.05) is 15.8 Å². The van der Waals surface area contributed by atoms with Crippen molar-refractivity contribution < 1.29 is 13.2 Å². The van der Waals surface area contributed by atoms with Gasteiger partial charge in [-0.3, -0.25) is 4.79 Å². The molecule has 0 unspecified atom stereocenters. The van der Waals surface area contributed by atoms with Gasteiger partial charge in [0.15, 0.2) is 0 Å². The van der Waals surface area contributed by atoms with E-state index in [-0.39, 0.29) is 22.5 Å². The van der Waals surface area contributed by atoms with Crippen LogP contribution in [0.3, 0.4) is 0 Å². The fraction of sp³-hybridized carbons (Fsp3) is 0.0417. The van der Waals surface area contributed by atoms with E-state index in [1.54, 1.807) is 18.2 Å². The van der Waals surface area contributed by atoms with Crippen molar-refractivity contribution >= 4 is 39.3 Å². The summed E-state index contributed by atoms with van der Waals surface area (Å²) in [7, 11) is -3.87. The highest BCUT2D eigenvalue weighted by Crippen LogP contribution is 2.25. The standard InChI is InChI=1S/C24H18N6O3S2/c25-15-18-7-12-21(17-5-2-1-3-6-17)29-23(18)34-16-22(31)28-19-8-10-20(11-9-19)35(32,33)30-24-26-13-4-14-27-24/h1-14H,16H2,(H,28,31)(H,26,27,30). The zero-order valence-electron chi connectivity index (χ0n) is 18.1. The van der Waals surface area contributed by atoms with Crippen LogP contribution in [0.1, 0.15) is 5.56 Å². The van der Waals surface area contributed by atoms with Gasteiger partial charge in [-0.1, -0.05) is 42.1 Å². The number of hydrogen-bond acceptors (Lipinski definition) is 8. The minimum atomic E-state index is -3.87. The zero-order chi connectivity index (χ0) is 24.7. The fourth-order valence-corrected chi connectivity index (χ4v) is 4.71. The van der Waals surface area contributed by atoms with Gasteiger partial charge in [0.25, 0.3) is 10.0 Å². The van der Waals surface area contributed by atoms with E-state index in [0.29, 0.717) is 22.0 Å². The number of nitrogens with zero attached hydrogens (tertiary/aromatic N) is 4. The minimum absolute atomic E-state index is 0.00193. The number of carbonyl (C=O) groups excluding carboxylic acids is 1. The van der Waals surface area contributed by atoms with Crippen molar-refractivity contribution in [3.63, 3.8) is 0 Å². The molecular formula is C24H18N6O3S2. The number of nitriles is 1. The molecule has 0 spiro atoms. The van der Waals surface area contributed by atoms with E-state index in [0.717, 1.165) is 17.3 Å². The smallest absolute Gasteiger partial charge is 0.264 e. The molecule has 0 radical (unpaired) electrons. The van der Waals surface area contributed by atoms with Crippen LogP contribution in [0, 0.1) is 11.3 Å². The van der Waals surface area contributed by atoms with Crippen molar-refractivity contribution in [2.45, 2.75) is 9.92 Å². The molecule has 1 amide bonds. The lowest BCUT2D eigenvalue weighted by Gasteiger charge is -2.09. The Kier molecular flexibility index (Phi) is 7.35. The molecule has 2 heterocycles. The van der Waals surface area contributed by atoms with E-state index in [2.05, 4.69) is 31.1 Å². The Morgan fingerprint density at radius 2 is 1.66 bits per heavy atom. The molecule has 2 aromatic carbocycles. The van der Waals surface area contributed by atoms with E-state index in [9.17, 15) is 18.5 Å². The maximum absolute atomic E-state index is 12.5. The number of anilines is 2. The molecule has 0 saturated carbocycles. The third-order valence-corrected chi connectivity index (χ3v) is 6.97. The molecule has 0 aliphatic rings. The lowest BCUT2D eigenvalue weighted by molar-refractivity contribution is -0.113. The third kappa shape index (κ3) is 6.20. The van der Waals surface area contributed by atoms with Gasteiger partial charge in [-0.05, 0) is 42.5 Å². The molecule has 2 N–H and O–H groups in total. The largest absolute Gasteiger partial charge is 0.325 e. The lowest BCUT2D eigenvalue weighted by Crippen LogP contribution is -2.16. The third-order valence-electron chi connectivity index (χ3n) is 4.63. The lowest BCUT2D eigenvalue weighted by atomic mass is 10.1. The molecule has 0 aliphatic carbocycles. The molecule has 2 aromatic heterocycles. The summed E-state index contributed by atoms with van der Waals surface area (Å²) >= 11 is 1.15. The van der Waals surface area contributed by atoms with Crippen LogP contribution in [0.5, 0.6) is 0 Å². The molecule has 9 nitrogen and oxygen atoms in total. The van der Waals surface area contributed by atoms with Gasteiger partial charge in [0.1, 0.15) is 11.1 Å². The van der Waals surface area contributed by atoms with Crippen LogP contribution in [-0.4, -0.2) is 35.0 Å². The molecule has 0 aliphatic heterocycles. The summed E-state index contributed by atoms with van der Waals surface area (Å²) in [4.78, 5) is 24.7. The summed E-state index contributed by atoms with van der Waals surface area (Å²) < 4.78 is 27.2. The Morgan fingerprint density at radius 3 is 2.34 bits per heavy atom. The Labute approximate surface area is 206 Å². The first-order valence-corrected chi connectivity index (χ1v) is 12.7. The first kappa shape index (κ1) is 23.9. The second-order valence-electron chi connectivity index (χ2n) is 7.07. The molecule has 0 atom stereocenters. The van der Waals surface area contributed by atoms with Gasteiger partial charge < -0.3 is 5.32 Å². The molecule has 0 bridgehead atoms. The van der Waals surface area contributed by atoms with Crippen LogP contribution in [0.4, 0.5) is 11.6 Å². The number of hydrogen-bond donors (Lipinski definition) is 2. The van der Waals surface area contributed by atoms with Crippen LogP contribution in [0.25, 0.3) is 11.3 Å². The number of nitrogens with one attached hydrogen (secondary N) is 2. The maximum Gasteiger partial charge on any atom is 0.264 e. The minimum Gasteiger partial charge on any atom is -0.325 e. The SMILES string of the molecule is N#Cc1ccc(-c2ccccc2)nc1SCC(=O)Nc1ccc(S(=O)(=O)Nc2ncccn2)cc1. The van der Waals surface area contributed by atoms with Crippen molar-refractivity contribution in [3.8, 4) is 17.3 Å². The van der Waals surface area contributed by atoms with Crippen molar-refractivity contribution in [3.05, 3.63) is 90.8 Å². The van der Waals surface area contributed by atoms with Crippen LogP contribution in [0.15, 0.2) is 95.1 Å². The fourth-order valence-electron chi connectivity index (χ4n) is 2.98. The van der Waals surface area contributed by atoms with Crippen molar-refractivity contribution in [1.82, 2.24) is 15.0 Å². The number of benzene rings is 2. The molecule has 4 rings (SSSR count). The number of carbonyl (C=O) groups is 1. The predicted octanol–water partition coefficient (Wildman–Crippen LogP) is 3.94. The topological polar surface area (TPSA) is 138 Å². The molecule has 0 fully saturated rings. The first-order valence-electron chi connectivity index (χ1n) is 10.2. The Bertz CT molecular complexity index is 1470. The van der Waals surface area contributed by atoms with E-state index < -0.39 is 10.0 Å². The summed E-state index contributed by atoms with van der Waals surface area (Å²) in [5.74, 6) is -0.340. The number of rotatable bonds is 8. The van der Waals surface area contributed by atoms with Gasteiger partial charge in [-0.25, -0.2) is 28.1 Å². The predicted molar refractivity (Wildman–Crippen MR) is 133 cm³/mol. The maximum atomic E-state index is 12.5. The van der Waals surface area contributed by atoms with Crippen LogP contribution < -0.4 is 10.0 Å². The van der Waals surface area contributed by atoms with Gasteiger partial charge >= 0.3 is 0 Å².